The molecule has 3 amide bonds. The zero-order chi connectivity index (χ0) is 27.9. The number of nitrogens with one attached hydrogen (secondary N) is 2. The van der Waals surface area contributed by atoms with Crippen LogP contribution in [0.2, 0.25) is 0 Å². The highest BCUT2D eigenvalue weighted by Gasteiger charge is 2.41. The first-order valence-corrected chi connectivity index (χ1v) is 12.5. The van der Waals surface area contributed by atoms with E-state index in [1.54, 1.807) is 18.2 Å². The van der Waals surface area contributed by atoms with Crippen molar-refractivity contribution in [2.75, 3.05) is 41.4 Å². The van der Waals surface area contributed by atoms with E-state index in [-0.39, 0.29) is 36.1 Å². The van der Waals surface area contributed by atoms with Gasteiger partial charge in [0.25, 0.3) is 5.91 Å². The SMILES string of the molecule is C[C@@H](NC(=O)c1ccc2c(n1)N(C(=O)Nc1cc(OC[C@@H]3COC(C)(C)O3)ccn1)C1CCN2C1)C(F)(F)F. The molecule has 2 bridgehead atoms. The van der Waals surface area contributed by atoms with Gasteiger partial charge in [0.15, 0.2) is 11.6 Å². The molecule has 5 heterocycles. The van der Waals surface area contributed by atoms with Gasteiger partial charge in [0.05, 0.1) is 18.3 Å². The normalized spacial score (nSPS) is 22.3. The molecule has 2 aromatic rings. The summed E-state index contributed by atoms with van der Waals surface area (Å²) in [5.41, 5.74) is 0.394. The lowest BCUT2D eigenvalue weighted by Gasteiger charge is -2.35. The third-order valence-corrected chi connectivity index (χ3v) is 6.71. The van der Waals surface area contributed by atoms with E-state index in [1.165, 1.54) is 17.2 Å². The molecule has 39 heavy (non-hydrogen) atoms. The first-order valence-electron chi connectivity index (χ1n) is 12.5. The smallest absolute Gasteiger partial charge is 0.408 e. The molecule has 2 N–H and O–H groups in total. The Hall–Kier alpha value is -3.65. The number of ether oxygens (including phenoxy) is 3. The summed E-state index contributed by atoms with van der Waals surface area (Å²) in [6.45, 7) is 6.38. The average molecular weight is 551 g/mol. The van der Waals surface area contributed by atoms with E-state index in [0.717, 1.165) is 6.92 Å². The molecule has 2 saturated heterocycles. The van der Waals surface area contributed by atoms with Crippen molar-refractivity contribution in [3.8, 4) is 5.75 Å². The summed E-state index contributed by atoms with van der Waals surface area (Å²) in [4.78, 5) is 37.9. The molecule has 14 heteroatoms. The third-order valence-electron chi connectivity index (χ3n) is 6.71. The van der Waals surface area contributed by atoms with E-state index in [9.17, 15) is 22.8 Å². The van der Waals surface area contributed by atoms with Crippen molar-refractivity contribution < 1.29 is 37.0 Å². The Balaban J connectivity index is 1.31. The van der Waals surface area contributed by atoms with Gasteiger partial charge >= 0.3 is 12.2 Å². The zero-order valence-electron chi connectivity index (χ0n) is 21.6. The van der Waals surface area contributed by atoms with Crippen molar-refractivity contribution in [2.45, 2.75) is 57.3 Å². The minimum atomic E-state index is -4.60. The summed E-state index contributed by atoms with van der Waals surface area (Å²) in [7, 11) is 0. The van der Waals surface area contributed by atoms with Crippen molar-refractivity contribution in [3.05, 3.63) is 36.2 Å². The summed E-state index contributed by atoms with van der Waals surface area (Å²) in [6.07, 6.45) is -2.68. The summed E-state index contributed by atoms with van der Waals surface area (Å²) in [5, 5.41) is 4.66. The summed E-state index contributed by atoms with van der Waals surface area (Å²) in [6, 6.07) is 3.35. The van der Waals surface area contributed by atoms with E-state index < -0.39 is 29.9 Å². The number of nitrogens with zero attached hydrogens (tertiary/aromatic N) is 4. The Bertz CT molecular complexity index is 1260. The molecule has 0 radical (unpaired) electrons. The molecule has 0 aliphatic carbocycles. The second-order valence-electron chi connectivity index (χ2n) is 10.1. The average Bonchev–Trinajstić information content (AvgIpc) is 3.45. The first kappa shape index (κ1) is 26.9. The van der Waals surface area contributed by atoms with Crippen LogP contribution in [0.25, 0.3) is 0 Å². The van der Waals surface area contributed by atoms with Crippen LogP contribution in [0.3, 0.4) is 0 Å². The van der Waals surface area contributed by atoms with Crippen LogP contribution < -0.4 is 25.2 Å². The predicted octanol–water partition coefficient (Wildman–Crippen LogP) is 3.32. The van der Waals surface area contributed by atoms with Gasteiger partial charge in [0, 0.05) is 25.4 Å². The fraction of sp³-hybridized carbons (Fsp3) is 0.520. The molecule has 0 spiro atoms. The molecular formula is C25H29F3N6O5. The molecule has 2 aromatic heterocycles. The van der Waals surface area contributed by atoms with Crippen molar-refractivity contribution >= 4 is 29.3 Å². The van der Waals surface area contributed by atoms with Crippen LogP contribution in [-0.4, -0.2) is 78.4 Å². The summed E-state index contributed by atoms with van der Waals surface area (Å²) < 4.78 is 55.9. The van der Waals surface area contributed by atoms with Gasteiger partial charge < -0.3 is 24.4 Å². The summed E-state index contributed by atoms with van der Waals surface area (Å²) in [5.74, 6) is -0.756. The first-order chi connectivity index (χ1) is 18.4. The van der Waals surface area contributed by atoms with Crippen molar-refractivity contribution in [1.29, 1.82) is 0 Å². The second-order valence-corrected chi connectivity index (χ2v) is 10.1. The topological polar surface area (TPSA) is 118 Å². The van der Waals surface area contributed by atoms with Gasteiger partial charge in [-0.3, -0.25) is 15.0 Å². The Labute approximate surface area is 222 Å². The van der Waals surface area contributed by atoms with Gasteiger partial charge in [-0.2, -0.15) is 13.2 Å². The third kappa shape index (κ3) is 5.86. The monoisotopic (exact) mass is 550 g/mol. The number of carbonyl (C=O) groups is 2. The number of amides is 3. The fourth-order valence-corrected chi connectivity index (χ4v) is 4.72. The van der Waals surface area contributed by atoms with E-state index >= 15 is 0 Å². The lowest BCUT2D eigenvalue weighted by atomic mass is 10.1. The minimum absolute atomic E-state index is 0.196. The molecular weight excluding hydrogens is 521 g/mol. The molecule has 11 nitrogen and oxygen atoms in total. The van der Waals surface area contributed by atoms with Gasteiger partial charge in [0.2, 0.25) is 0 Å². The molecule has 210 valence electrons. The van der Waals surface area contributed by atoms with Gasteiger partial charge in [-0.05, 0) is 45.4 Å². The maximum atomic E-state index is 13.4. The number of hydrogen-bond acceptors (Lipinski definition) is 8. The molecule has 1 unspecified atom stereocenters. The lowest BCUT2D eigenvalue weighted by molar-refractivity contribution is -0.149. The number of halogens is 3. The number of rotatable bonds is 6. The molecule has 3 aliphatic rings. The van der Waals surface area contributed by atoms with E-state index in [2.05, 4.69) is 15.3 Å². The number of aromatic nitrogens is 2. The van der Waals surface area contributed by atoms with Crippen LogP contribution in [0.4, 0.5) is 35.3 Å². The Kier molecular flexibility index (Phi) is 7.01. The number of carbonyl (C=O) groups excluding carboxylic acids is 2. The van der Waals surface area contributed by atoms with Crippen LogP contribution in [0.5, 0.6) is 5.75 Å². The van der Waals surface area contributed by atoms with Gasteiger partial charge in [-0.1, -0.05) is 0 Å². The van der Waals surface area contributed by atoms with Crippen LogP contribution in [0.1, 0.15) is 37.7 Å². The Morgan fingerprint density at radius 3 is 2.79 bits per heavy atom. The number of alkyl halides is 3. The van der Waals surface area contributed by atoms with Crippen molar-refractivity contribution in [2.24, 2.45) is 0 Å². The molecule has 2 fully saturated rings. The predicted molar refractivity (Wildman–Crippen MR) is 134 cm³/mol. The maximum absolute atomic E-state index is 13.4. The van der Waals surface area contributed by atoms with Crippen molar-refractivity contribution in [1.82, 2.24) is 15.3 Å². The number of urea groups is 1. The second kappa shape index (κ2) is 10.2. The molecule has 3 aliphatic heterocycles. The minimum Gasteiger partial charge on any atom is -0.491 e. The van der Waals surface area contributed by atoms with Crippen LogP contribution >= 0.6 is 0 Å². The number of anilines is 3. The quantitative estimate of drug-likeness (QED) is 0.563. The zero-order valence-corrected chi connectivity index (χ0v) is 21.6. The highest BCUT2D eigenvalue weighted by molar-refractivity contribution is 6.05. The molecule has 0 aromatic carbocycles. The largest absolute Gasteiger partial charge is 0.491 e. The van der Waals surface area contributed by atoms with E-state index in [1.807, 2.05) is 24.1 Å². The Morgan fingerprint density at radius 1 is 1.28 bits per heavy atom. The number of fused-ring (bicyclic) bond motifs is 4. The summed E-state index contributed by atoms with van der Waals surface area (Å²) >= 11 is 0. The van der Waals surface area contributed by atoms with Crippen LogP contribution in [0.15, 0.2) is 30.5 Å². The Morgan fingerprint density at radius 2 is 2.08 bits per heavy atom. The van der Waals surface area contributed by atoms with E-state index in [0.29, 0.717) is 37.6 Å². The highest BCUT2D eigenvalue weighted by atomic mass is 19.4. The van der Waals surface area contributed by atoms with Gasteiger partial charge in [0.1, 0.15) is 36.0 Å². The number of hydrogen-bond donors (Lipinski definition) is 2. The van der Waals surface area contributed by atoms with E-state index in [4.69, 9.17) is 14.2 Å². The van der Waals surface area contributed by atoms with Crippen LogP contribution in [-0.2, 0) is 9.47 Å². The van der Waals surface area contributed by atoms with Gasteiger partial charge in [-0.15, -0.1) is 0 Å². The highest BCUT2D eigenvalue weighted by Crippen LogP contribution is 2.39. The van der Waals surface area contributed by atoms with Crippen molar-refractivity contribution in [3.63, 3.8) is 0 Å². The molecule has 0 saturated carbocycles. The molecule has 3 atom stereocenters. The standard InChI is InChI=1S/C25H29F3N6O5/c1-14(25(26,27)28)30-22(35)18-4-5-19-21(31-18)34(15-7-9-33(19)11-15)23(36)32-20-10-16(6-8-29-20)37-12-17-13-38-24(2,3)39-17/h4-6,8,10,14-15,17H,7,9,11-13H2,1-3H3,(H,30,35)(H,29,32,36)/t14-,15?,17-/m1/s1. The number of pyridine rings is 2. The van der Waals surface area contributed by atoms with Gasteiger partial charge in [-0.25, -0.2) is 14.8 Å². The maximum Gasteiger partial charge on any atom is 0.408 e. The van der Waals surface area contributed by atoms with Crippen LogP contribution in [0, 0.1) is 0 Å². The molecule has 5 rings (SSSR count). The lowest BCUT2D eigenvalue weighted by Crippen LogP contribution is -2.49. The fourth-order valence-electron chi connectivity index (χ4n) is 4.72.